The number of benzene rings is 2. The Hall–Kier alpha value is -0.650. The van der Waals surface area contributed by atoms with Gasteiger partial charge in [-0.3, -0.25) is 4.79 Å². The Balaban J connectivity index is 2.28. The maximum absolute atomic E-state index is 12.3. The zero-order valence-electron chi connectivity index (χ0n) is 10.9. The van der Waals surface area contributed by atoms with Crippen molar-refractivity contribution in [3.8, 4) is 0 Å². The summed E-state index contributed by atoms with van der Waals surface area (Å²) >= 11 is 10.3. The first kappa shape index (κ1) is 15.7. The molecule has 0 heterocycles. The van der Waals surface area contributed by atoms with Gasteiger partial charge in [0.25, 0.3) is 5.91 Å². The standard InChI is InChI=1S/C15H12Br3NO/c1-8-3-13(4-9(2)14(8)18)19-15(20)10-5-11(16)7-12(17)6-10/h3-7H,1-2H3,(H,19,20). The van der Waals surface area contributed by atoms with Crippen molar-refractivity contribution in [2.45, 2.75) is 13.8 Å². The van der Waals surface area contributed by atoms with Crippen LogP contribution in [0.2, 0.25) is 0 Å². The SMILES string of the molecule is Cc1cc(NC(=O)c2cc(Br)cc(Br)c2)cc(C)c1Br. The summed E-state index contributed by atoms with van der Waals surface area (Å²) in [5, 5.41) is 2.92. The molecule has 0 saturated carbocycles. The van der Waals surface area contributed by atoms with E-state index in [1.807, 2.05) is 32.0 Å². The van der Waals surface area contributed by atoms with Crippen LogP contribution in [0.4, 0.5) is 5.69 Å². The Bertz CT molecular complexity index is 640. The molecule has 0 spiro atoms. The highest BCUT2D eigenvalue weighted by Gasteiger charge is 2.10. The maximum atomic E-state index is 12.3. The van der Waals surface area contributed by atoms with Crippen LogP contribution >= 0.6 is 47.8 Å². The summed E-state index contributed by atoms with van der Waals surface area (Å²) < 4.78 is 2.79. The zero-order valence-corrected chi connectivity index (χ0v) is 15.7. The van der Waals surface area contributed by atoms with E-state index in [2.05, 4.69) is 53.1 Å². The molecule has 2 aromatic rings. The molecule has 20 heavy (non-hydrogen) atoms. The lowest BCUT2D eigenvalue weighted by molar-refractivity contribution is 0.102. The highest BCUT2D eigenvalue weighted by molar-refractivity contribution is 9.11. The van der Waals surface area contributed by atoms with Crippen molar-refractivity contribution >= 4 is 59.4 Å². The summed E-state index contributed by atoms with van der Waals surface area (Å²) in [4.78, 5) is 12.3. The van der Waals surface area contributed by atoms with Crippen molar-refractivity contribution < 1.29 is 4.79 Å². The average Bonchev–Trinajstić information content (AvgIpc) is 2.34. The summed E-state index contributed by atoms with van der Waals surface area (Å²) in [6.45, 7) is 4.00. The minimum absolute atomic E-state index is 0.131. The predicted molar refractivity (Wildman–Crippen MR) is 93.4 cm³/mol. The number of carbonyl (C=O) groups excluding carboxylic acids is 1. The van der Waals surface area contributed by atoms with E-state index < -0.39 is 0 Å². The van der Waals surface area contributed by atoms with Gasteiger partial charge < -0.3 is 5.32 Å². The Morgan fingerprint density at radius 1 is 0.900 bits per heavy atom. The lowest BCUT2D eigenvalue weighted by Gasteiger charge is -2.10. The van der Waals surface area contributed by atoms with E-state index in [9.17, 15) is 4.79 Å². The van der Waals surface area contributed by atoms with Gasteiger partial charge in [0.05, 0.1) is 0 Å². The highest BCUT2D eigenvalue weighted by Crippen LogP contribution is 2.26. The number of carbonyl (C=O) groups is 1. The molecule has 0 radical (unpaired) electrons. The van der Waals surface area contributed by atoms with Crippen LogP contribution in [0, 0.1) is 13.8 Å². The third kappa shape index (κ3) is 3.71. The first-order valence-corrected chi connectivity index (χ1v) is 8.29. The monoisotopic (exact) mass is 459 g/mol. The molecule has 0 aliphatic carbocycles. The number of halogens is 3. The van der Waals surface area contributed by atoms with Gasteiger partial charge in [0.1, 0.15) is 0 Å². The second-order valence-corrected chi connectivity index (χ2v) is 7.16. The molecule has 0 unspecified atom stereocenters. The molecule has 5 heteroatoms. The van der Waals surface area contributed by atoms with Gasteiger partial charge in [-0.15, -0.1) is 0 Å². The van der Waals surface area contributed by atoms with Gasteiger partial charge in [0, 0.05) is 24.7 Å². The van der Waals surface area contributed by atoms with Gasteiger partial charge >= 0.3 is 0 Å². The normalized spacial score (nSPS) is 10.4. The molecule has 0 bridgehead atoms. The number of amides is 1. The molecule has 0 atom stereocenters. The molecular weight excluding hydrogens is 450 g/mol. The largest absolute Gasteiger partial charge is 0.322 e. The molecule has 0 fully saturated rings. The van der Waals surface area contributed by atoms with Crippen molar-refractivity contribution in [2.75, 3.05) is 5.32 Å². The maximum Gasteiger partial charge on any atom is 0.255 e. The molecule has 1 amide bonds. The average molecular weight is 462 g/mol. The number of rotatable bonds is 2. The van der Waals surface area contributed by atoms with E-state index in [1.54, 1.807) is 12.1 Å². The van der Waals surface area contributed by atoms with Crippen LogP contribution in [-0.2, 0) is 0 Å². The lowest BCUT2D eigenvalue weighted by atomic mass is 10.1. The molecule has 0 aliphatic rings. The van der Waals surface area contributed by atoms with E-state index >= 15 is 0 Å². The van der Waals surface area contributed by atoms with Crippen LogP contribution in [-0.4, -0.2) is 5.91 Å². The molecule has 2 nitrogen and oxygen atoms in total. The topological polar surface area (TPSA) is 29.1 Å². The van der Waals surface area contributed by atoms with E-state index in [0.717, 1.165) is 30.2 Å². The van der Waals surface area contributed by atoms with Gasteiger partial charge in [-0.1, -0.05) is 47.8 Å². The van der Waals surface area contributed by atoms with E-state index in [4.69, 9.17) is 0 Å². The number of anilines is 1. The second kappa shape index (κ2) is 6.41. The Labute approximate surface area is 143 Å². The molecule has 104 valence electrons. The molecule has 0 saturated heterocycles. The minimum atomic E-state index is -0.131. The fourth-order valence-electron chi connectivity index (χ4n) is 1.91. The second-order valence-electron chi connectivity index (χ2n) is 4.54. The van der Waals surface area contributed by atoms with Crippen LogP contribution in [0.25, 0.3) is 0 Å². The molecule has 0 aromatic heterocycles. The summed E-state index contributed by atoms with van der Waals surface area (Å²) in [5.41, 5.74) is 3.58. The Morgan fingerprint density at radius 2 is 1.40 bits per heavy atom. The van der Waals surface area contributed by atoms with Crippen LogP contribution in [0.15, 0.2) is 43.7 Å². The van der Waals surface area contributed by atoms with Gasteiger partial charge in [0.15, 0.2) is 0 Å². The summed E-state index contributed by atoms with van der Waals surface area (Å²) in [6.07, 6.45) is 0. The van der Waals surface area contributed by atoms with Crippen LogP contribution in [0.5, 0.6) is 0 Å². The van der Waals surface area contributed by atoms with Gasteiger partial charge in [-0.05, 0) is 55.3 Å². The number of hydrogen-bond acceptors (Lipinski definition) is 1. The Kier molecular flexibility index (Phi) is 5.04. The number of hydrogen-bond donors (Lipinski definition) is 1. The summed E-state index contributed by atoms with van der Waals surface area (Å²) in [5.74, 6) is -0.131. The highest BCUT2D eigenvalue weighted by atomic mass is 79.9. The summed E-state index contributed by atoms with van der Waals surface area (Å²) in [7, 11) is 0. The van der Waals surface area contributed by atoms with Gasteiger partial charge in [-0.2, -0.15) is 0 Å². The van der Waals surface area contributed by atoms with Crippen LogP contribution in [0.1, 0.15) is 21.5 Å². The number of nitrogens with one attached hydrogen (secondary N) is 1. The van der Waals surface area contributed by atoms with E-state index in [0.29, 0.717) is 5.56 Å². The zero-order chi connectivity index (χ0) is 14.9. The van der Waals surface area contributed by atoms with Crippen molar-refractivity contribution in [1.82, 2.24) is 0 Å². The first-order chi connectivity index (χ1) is 9.36. The smallest absolute Gasteiger partial charge is 0.255 e. The summed E-state index contributed by atoms with van der Waals surface area (Å²) in [6, 6.07) is 9.37. The third-order valence-corrected chi connectivity index (χ3v) is 4.99. The van der Waals surface area contributed by atoms with Gasteiger partial charge in [-0.25, -0.2) is 0 Å². The first-order valence-electron chi connectivity index (χ1n) is 5.91. The van der Waals surface area contributed by atoms with Crippen molar-refractivity contribution in [1.29, 1.82) is 0 Å². The van der Waals surface area contributed by atoms with Crippen molar-refractivity contribution in [3.63, 3.8) is 0 Å². The molecule has 2 aromatic carbocycles. The quantitative estimate of drug-likeness (QED) is 0.597. The fourth-order valence-corrected chi connectivity index (χ4v) is 3.43. The minimum Gasteiger partial charge on any atom is -0.322 e. The van der Waals surface area contributed by atoms with Crippen molar-refractivity contribution in [3.05, 3.63) is 60.4 Å². The molecule has 0 aliphatic heterocycles. The molecular formula is C15H12Br3NO. The van der Waals surface area contributed by atoms with Gasteiger partial charge in [0.2, 0.25) is 0 Å². The fraction of sp³-hybridized carbons (Fsp3) is 0.133. The Morgan fingerprint density at radius 3 is 1.90 bits per heavy atom. The van der Waals surface area contributed by atoms with Crippen molar-refractivity contribution in [2.24, 2.45) is 0 Å². The van der Waals surface area contributed by atoms with Crippen LogP contribution < -0.4 is 5.32 Å². The van der Waals surface area contributed by atoms with E-state index in [-0.39, 0.29) is 5.91 Å². The molecule has 2 rings (SSSR count). The lowest BCUT2D eigenvalue weighted by Crippen LogP contribution is -2.12. The van der Waals surface area contributed by atoms with E-state index in [1.165, 1.54) is 0 Å². The van der Waals surface area contributed by atoms with Crippen LogP contribution in [0.3, 0.4) is 0 Å². The molecule has 1 N–H and O–H groups in total. The predicted octanol–water partition coefficient (Wildman–Crippen LogP) is 5.84. The third-order valence-electron chi connectivity index (χ3n) is 2.82. The number of aryl methyl sites for hydroxylation is 2.